The molecule has 0 radical (unpaired) electrons. The van der Waals surface area contributed by atoms with Crippen LogP contribution in [-0.4, -0.2) is 46.3 Å². The van der Waals surface area contributed by atoms with Gasteiger partial charge in [-0.3, -0.25) is 14.9 Å². The van der Waals surface area contributed by atoms with Crippen LogP contribution in [0.1, 0.15) is 16.1 Å². The Kier molecular flexibility index (Phi) is 5.10. The monoisotopic (exact) mass is 448 g/mol. The minimum atomic E-state index is -0.418. The molecule has 1 fully saturated rings. The van der Waals surface area contributed by atoms with Gasteiger partial charge in [-0.25, -0.2) is 0 Å². The second kappa shape index (κ2) is 8.08. The molecule has 1 saturated heterocycles. The lowest BCUT2D eigenvalue weighted by atomic mass is 10.1. The van der Waals surface area contributed by atoms with Crippen molar-refractivity contribution in [3.63, 3.8) is 0 Å². The van der Waals surface area contributed by atoms with E-state index in [9.17, 15) is 14.9 Å². The molecular weight excluding hydrogens is 428 g/mol. The van der Waals surface area contributed by atoms with Gasteiger partial charge in [0.15, 0.2) is 5.76 Å². The SMILES string of the molecule is Cc1ccc(-c2ccc(C(=O)N3CCN(c4nsc5ccccc45)CC3)o2)cc1[N+](=O)[O-]. The van der Waals surface area contributed by atoms with Gasteiger partial charge in [0, 0.05) is 48.8 Å². The summed E-state index contributed by atoms with van der Waals surface area (Å²) in [6.07, 6.45) is 0. The lowest BCUT2D eigenvalue weighted by Gasteiger charge is -2.34. The summed E-state index contributed by atoms with van der Waals surface area (Å²) in [5.41, 5.74) is 1.17. The summed E-state index contributed by atoms with van der Waals surface area (Å²) in [4.78, 5) is 27.7. The fourth-order valence-corrected chi connectivity index (χ4v) is 4.74. The topological polar surface area (TPSA) is 92.7 Å². The molecule has 0 bridgehead atoms. The Morgan fingerprint density at radius 3 is 2.66 bits per heavy atom. The summed E-state index contributed by atoms with van der Waals surface area (Å²) in [6, 6.07) is 16.4. The van der Waals surface area contributed by atoms with Crippen molar-refractivity contribution < 1.29 is 14.1 Å². The summed E-state index contributed by atoms with van der Waals surface area (Å²) in [5, 5.41) is 12.4. The predicted molar refractivity (Wildman–Crippen MR) is 123 cm³/mol. The van der Waals surface area contributed by atoms with Gasteiger partial charge in [-0.2, -0.15) is 4.37 Å². The van der Waals surface area contributed by atoms with Crippen LogP contribution in [0.25, 0.3) is 21.4 Å². The number of fused-ring (bicyclic) bond motifs is 1. The third kappa shape index (κ3) is 3.60. The molecule has 0 N–H and O–H groups in total. The highest BCUT2D eigenvalue weighted by molar-refractivity contribution is 7.13. The number of rotatable bonds is 4. The van der Waals surface area contributed by atoms with Crippen LogP contribution in [-0.2, 0) is 0 Å². The van der Waals surface area contributed by atoms with Gasteiger partial charge in [-0.15, -0.1) is 0 Å². The first-order chi connectivity index (χ1) is 15.5. The fourth-order valence-electron chi connectivity index (χ4n) is 3.95. The number of nitro groups is 1. The molecule has 8 nitrogen and oxygen atoms in total. The number of nitrogens with zero attached hydrogens (tertiary/aromatic N) is 4. The molecule has 2 aromatic carbocycles. The smallest absolute Gasteiger partial charge is 0.289 e. The summed E-state index contributed by atoms with van der Waals surface area (Å²) >= 11 is 1.49. The van der Waals surface area contributed by atoms with Gasteiger partial charge < -0.3 is 14.2 Å². The van der Waals surface area contributed by atoms with Crippen LogP contribution >= 0.6 is 11.5 Å². The standard InChI is InChI=1S/C23H20N4O4S/c1-15-6-7-16(14-18(15)27(29)30)19-8-9-20(31-19)23(28)26-12-10-25(11-13-26)22-17-4-2-3-5-21(17)32-24-22/h2-9,14H,10-13H2,1H3. The highest BCUT2D eigenvalue weighted by atomic mass is 32.1. The summed E-state index contributed by atoms with van der Waals surface area (Å²) < 4.78 is 11.5. The van der Waals surface area contributed by atoms with Crippen molar-refractivity contribution in [2.75, 3.05) is 31.1 Å². The van der Waals surface area contributed by atoms with Crippen molar-refractivity contribution >= 4 is 39.0 Å². The maximum absolute atomic E-state index is 13.0. The number of hydrogen-bond donors (Lipinski definition) is 0. The lowest BCUT2D eigenvalue weighted by molar-refractivity contribution is -0.385. The largest absolute Gasteiger partial charge is 0.451 e. The van der Waals surface area contributed by atoms with E-state index in [1.807, 2.05) is 12.1 Å². The van der Waals surface area contributed by atoms with E-state index in [1.54, 1.807) is 36.1 Å². The lowest BCUT2D eigenvalue weighted by Crippen LogP contribution is -2.48. The third-order valence-electron chi connectivity index (χ3n) is 5.73. The molecule has 0 atom stereocenters. The Morgan fingerprint density at radius 1 is 1.09 bits per heavy atom. The number of carbonyl (C=O) groups is 1. The van der Waals surface area contributed by atoms with Crippen LogP contribution in [0.5, 0.6) is 0 Å². The molecule has 1 aliphatic rings. The van der Waals surface area contributed by atoms with E-state index in [-0.39, 0.29) is 17.4 Å². The zero-order valence-corrected chi connectivity index (χ0v) is 18.2. The van der Waals surface area contributed by atoms with Crippen molar-refractivity contribution in [3.8, 4) is 11.3 Å². The van der Waals surface area contributed by atoms with Crippen LogP contribution < -0.4 is 4.90 Å². The van der Waals surface area contributed by atoms with Crippen molar-refractivity contribution in [1.29, 1.82) is 0 Å². The highest BCUT2D eigenvalue weighted by Gasteiger charge is 2.26. The van der Waals surface area contributed by atoms with Crippen molar-refractivity contribution in [2.45, 2.75) is 6.92 Å². The highest BCUT2D eigenvalue weighted by Crippen LogP contribution is 2.31. The quantitative estimate of drug-likeness (QED) is 0.331. The Bertz CT molecular complexity index is 1320. The Morgan fingerprint density at radius 2 is 1.88 bits per heavy atom. The van der Waals surface area contributed by atoms with Crippen LogP contribution in [0.2, 0.25) is 0 Å². The molecule has 0 aliphatic carbocycles. The van der Waals surface area contributed by atoms with Gasteiger partial charge >= 0.3 is 0 Å². The van der Waals surface area contributed by atoms with E-state index in [0.717, 1.165) is 15.9 Å². The zero-order valence-electron chi connectivity index (χ0n) is 17.4. The number of benzene rings is 2. The van der Waals surface area contributed by atoms with Crippen LogP contribution in [0.3, 0.4) is 0 Å². The zero-order chi connectivity index (χ0) is 22.2. The molecule has 32 heavy (non-hydrogen) atoms. The number of hydrogen-bond acceptors (Lipinski definition) is 7. The van der Waals surface area contributed by atoms with E-state index in [2.05, 4.69) is 21.4 Å². The molecule has 0 spiro atoms. The van der Waals surface area contributed by atoms with Gasteiger partial charge in [-0.1, -0.05) is 24.3 Å². The van der Waals surface area contributed by atoms with Gasteiger partial charge in [0.25, 0.3) is 11.6 Å². The van der Waals surface area contributed by atoms with Gasteiger partial charge in [0.2, 0.25) is 0 Å². The van der Waals surface area contributed by atoms with E-state index >= 15 is 0 Å². The second-order valence-electron chi connectivity index (χ2n) is 7.70. The number of anilines is 1. The average molecular weight is 449 g/mol. The van der Waals surface area contributed by atoms with Gasteiger partial charge in [0.1, 0.15) is 11.6 Å². The molecule has 5 rings (SSSR count). The summed E-state index contributed by atoms with van der Waals surface area (Å²) in [5.74, 6) is 1.46. The molecule has 4 aromatic rings. The number of aryl methyl sites for hydroxylation is 1. The predicted octanol–water partition coefficient (Wildman–Crippen LogP) is 4.74. The summed E-state index contributed by atoms with van der Waals surface area (Å²) in [6.45, 7) is 4.20. The van der Waals surface area contributed by atoms with Crippen LogP contribution in [0.15, 0.2) is 59.0 Å². The molecule has 1 aliphatic heterocycles. The van der Waals surface area contributed by atoms with E-state index in [0.29, 0.717) is 43.1 Å². The Balaban J connectivity index is 1.29. The Hall–Kier alpha value is -3.72. The molecule has 0 unspecified atom stereocenters. The van der Waals surface area contributed by atoms with E-state index in [4.69, 9.17) is 4.42 Å². The number of piperazine rings is 1. The van der Waals surface area contributed by atoms with Crippen LogP contribution in [0, 0.1) is 17.0 Å². The maximum Gasteiger partial charge on any atom is 0.289 e. The number of furan rings is 1. The first-order valence-electron chi connectivity index (χ1n) is 10.2. The first-order valence-corrected chi connectivity index (χ1v) is 11.0. The van der Waals surface area contributed by atoms with Gasteiger partial charge in [0.05, 0.1) is 9.62 Å². The molecule has 1 amide bonds. The molecule has 0 saturated carbocycles. The molecule has 2 aromatic heterocycles. The minimum absolute atomic E-state index is 0.0254. The number of nitro benzene ring substituents is 1. The molecule has 9 heteroatoms. The number of carbonyl (C=O) groups excluding carboxylic acids is 1. The Labute approximate surface area is 188 Å². The van der Waals surface area contributed by atoms with Crippen molar-refractivity contribution in [1.82, 2.24) is 9.27 Å². The van der Waals surface area contributed by atoms with Gasteiger partial charge in [-0.05, 0) is 42.7 Å². The minimum Gasteiger partial charge on any atom is -0.451 e. The van der Waals surface area contributed by atoms with E-state index in [1.165, 1.54) is 17.6 Å². The second-order valence-corrected chi connectivity index (χ2v) is 8.51. The molecule has 162 valence electrons. The number of aromatic nitrogens is 1. The molecular formula is C23H20N4O4S. The molecule has 3 heterocycles. The fraction of sp³-hybridized carbons (Fsp3) is 0.217. The number of amides is 1. The van der Waals surface area contributed by atoms with Crippen LogP contribution in [0.4, 0.5) is 11.5 Å². The third-order valence-corrected chi connectivity index (χ3v) is 6.55. The van der Waals surface area contributed by atoms with Crippen molar-refractivity contribution in [3.05, 3.63) is 76.0 Å². The average Bonchev–Trinajstić information content (AvgIpc) is 3.47. The van der Waals surface area contributed by atoms with E-state index < -0.39 is 4.92 Å². The van der Waals surface area contributed by atoms with Crippen molar-refractivity contribution in [2.24, 2.45) is 0 Å². The summed E-state index contributed by atoms with van der Waals surface area (Å²) in [7, 11) is 0. The normalized spacial score (nSPS) is 14.2. The first kappa shape index (κ1) is 20.2. The maximum atomic E-state index is 13.0.